The molecule has 6 nitrogen and oxygen atoms in total. The van der Waals surface area contributed by atoms with Crippen LogP contribution < -0.4 is 11.5 Å². The molecule has 4 aromatic carbocycles. The highest BCUT2D eigenvalue weighted by atomic mass is 16.6. The molecule has 0 heterocycles. The third kappa shape index (κ3) is 7.11. The van der Waals surface area contributed by atoms with Gasteiger partial charge in [-0.3, -0.25) is 11.5 Å². The van der Waals surface area contributed by atoms with Gasteiger partial charge in [0.1, 0.15) is 0 Å². The van der Waals surface area contributed by atoms with E-state index in [2.05, 4.69) is 13.8 Å². The van der Waals surface area contributed by atoms with Gasteiger partial charge >= 0.3 is 11.9 Å². The van der Waals surface area contributed by atoms with Crippen molar-refractivity contribution in [2.45, 2.75) is 88.5 Å². The van der Waals surface area contributed by atoms with Crippen molar-refractivity contribution in [1.82, 2.24) is 0 Å². The first-order valence-electron chi connectivity index (χ1n) is 17.5. The van der Waals surface area contributed by atoms with Crippen molar-refractivity contribution in [2.75, 3.05) is 0 Å². The summed E-state index contributed by atoms with van der Waals surface area (Å²) in [5, 5.41) is 0. The molecule has 0 saturated heterocycles. The van der Waals surface area contributed by atoms with Gasteiger partial charge in [0.05, 0.1) is 11.1 Å². The maximum Gasteiger partial charge on any atom is 0.340 e. The molecule has 0 aromatic heterocycles. The predicted molar refractivity (Wildman–Crippen MR) is 189 cm³/mol. The summed E-state index contributed by atoms with van der Waals surface area (Å²) in [6.07, 6.45) is 9.42. The van der Waals surface area contributed by atoms with Crippen molar-refractivity contribution < 1.29 is 19.1 Å². The van der Waals surface area contributed by atoms with E-state index >= 15 is 0 Å². The number of ether oxygens (including phenoxy) is 2. The first kappa shape index (κ1) is 33.6. The van der Waals surface area contributed by atoms with E-state index < -0.39 is 23.4 Å². The first-order valence-corrected chi connectivity index (χ1v) is 17.5. The lowest BCUT2D eigenvalue weighted by Gasteiger charge is -2.44. The lowest BCUT2D eigenvalue weighted by molar-refractivity contribution is -0.167. The summed E-state index contributed by atoms with van der Waals surface area (Å²) >= 11 is 0. The highest BCUT2D eigenvalue weighted by Crippen LogP contribution is 2.41. The Kier molecular flexibility index (Phi) is 10.1. The van der Waals surface area contributed by atoms with Crippen LogP contribution in [0.4, 0.5) is 0 Å². The van der Waals surface area contributed by atoms with Gasteiger partial charge in [0.15, 0.2) is 0 Å². The first-order chi connectivity index (χ1) is 23.2. The summed E-state index contributed by atoms with van der Waals surface area (Å²) in [6, 6.07) is 32.8. The number of hydrogen-bond donors (Lipinski definition) is 2. The maximum absolute atomic E-state index is 13.9. The minimum atomic E-state index is -2.10. The van der Waals surface area contributed by atoms with Gasteiger partial charge in [0.25, 0.3) is 0 Å². The molecule has 0 spiro atoms. The summed E-state index contributed by atoms with van der Waals surface area (Å²) < 4.78 is 12.4. The van der Waals surface area contributed by atoms with Gasteiger partial charge in [-0.1, -0.05) is 124 Å². The van der Waals surface area contributed by atoms with E-state index in [9.17, 15) is 9.59 Å². The molecule has 0 aliphatic heterocycles. The van der Waals surface area contributed by atoms with E-state index in [1.165, 1.54) is 36.8 Å². The van der Waals surface area contributed by atoms with Crippen molar-refractivity contribution in [2.24, 2.45) is 23.3 Å². The second-order valence-corrected chi connectivity index (χ2v) is 14.1. The lowest BCUT2D eigenvalue weighted by Crippen LogP contribution is -2.65. The molecule has 250 valence electrons. The zero-order valence-corrected chi connectivity index (χ0v) is 28.1. The highest BCUT2D eigenvalue weighted by molar-refractivity contribution is 5.91. The Morgan fingerprint density at radius 2 is 0.812 bits per heavy atom. The Balaban J connectivity index is 1.30. The van der Waals surface area contributed by atoms with E-state index in [4.69, 9.17) is 20.9 Å². The molecule has 2 aliphatic carbocycles. The number of esters is 2. The summed E-state index contributed by atoms with van der Waals surface area (Å²) in [5.74, 6) is 1.14. The molecular formula is C42H48N2O4. The molecular weight excluding hydrogens is 596 g/mol. The van der Waals surface area contributed by atoms with E-state index in [1.54, 1.807) is 72.8 Å². The van der Waals surface area contributed by atoms with Crippen LogP contribution in [0, 0.1) is 11.8 Å². The molecule has 2 atom stereocenters. The SMILES string of the molecule is CC1CCC(c2ccc(C(=O)O[C@](N)(c3ccccc3)[C@](N)(OC(=O)c3ccc(C4CCC(C)CC4)cc3)c3ccccc3)cc2)CC1. The van der Waals surface area contributed by atoms with Crippen LogP contribution >= 0.6 is 0 Å². The number of carbonyl (C=O) groups excluding carboxylic acids is 2. The third-order valence-corrected chi connectivity index (χ3v) is 10.7. The van der Waals surface area contributed by atoms with Crippen LogP contribution in [0.5, 0.6) is 0 Å². The molecule has 48 heavy (non-hydrogen) atoms. The maximum atomic E-state index is 13.9. The second kappa shape index (κ2) is 14.5. The fraction of sp³-hybridized carbons (Fsp3) is 0.381. The molecule has 0 unspecified atom stereocenters. The largest absolute Gasteiger partial charge is 0.430 e. The van der Waals surface area contributed by atoms with Gasteiger partial charge in [-0.15, -0.1) is 0 Å². The zero-order chi connectivity index (χ0) is 33.7. The molecule has 6 rings (SSSR count). The molecule has 4 aromatic rings. The summed E-state index contributed by atoms with van der Waals surface area (Å²) in [4.78, 5) is 27.8. The number of benzene rings is 4. The molecule has 0 amide bonds. The average molecular weight is 645 g/mol. The standard InChI is InChI=1S/C42H48N2O4/c1-29-13-17-31(18-14-29)33-21-25-35(26-22-33)39(45)47-41(43,37-9-5-3-6-10-37)42(44,38-11-7-4-8-12-38)48-40(46)36-27-23-34(24-28-36)32-19-15-30(2)16-20-32/h3-12,21-32H,13-20,43-44H2,1-2H3/t29?,30?,31?,32?,41-,42-/m1/s1. The Bertz CT molecular complexity index is 1530. The van der Waals surface area contributed by atoms with Crippen LogP contribution in [0.15, 0.2) is 109 Å². The minimum absolute atomic E-state index is 0.336. The topological polar surface area (TPSA) is 105 Å². The Hall–Kier alpha value is -4.26. The van der Waals surface area contributed by atoms with Gasteiger partial charge in [-0.25, -0.2) is 9.59 Å². The van der Waals surface area contributed by atoms with Crippen molar-refractivity contribution in [1.29, 1.82) is 0 Å². The normalized spacial score (nSPS) is 23.7. The van der Waals surface area contributed by atoms with E-state index in [0.29, 0.717) is 34.1 Å². The van der Waals surface area contributed by atoms with Crippen LogP contribution in [0.3, 0.4) is 0 Å². The fourth-order valence-electron chi connectivity index (χ4n) is 7.45. The van der Waals surface area contributed by atoms with E-state index in [0.717, 1.165) is 37.5 Å². The average Bonchev–Trinajstić information content (AvgIpc) is 3.13. The highest BCUT2D eigenvalue weighted by Gasteiger charge is 2.56. The lowest BCUT2D eigenvalue weighted by atomic mass is 9.79. The summed E-state index contributed by atoms with van der Waals surface area (Å²) in [6.45, 7) is 4.61. The van der Waals surface area contributed by atoms with Gasteiger partial charge < -0.3 is 9.47 Å². The number of carbonyl (C=O) groups is 2. The van der Waals surface area contributed by atoms with Crippen molar-refractivity contribution in [3.05, 3.63) is 143 Å². The smallest absolute Gasteiger partial charge is 0.340 e. The van der Waals surface area contributed by atoms with Crippen LogP contribution in [0.2, 0.25) is 0 Å². The van der Waals surface area contributed by atoms with Crippen LogP contribution in [-0.2, 0) is 20.9 Å². The fourth-order valence-corrected chi connectivity index (χ4v) is 7.45. The Morgan fingerprint density at radius 1 is 0.500 bits per heavy atom. The van der Waals surface area contributed by atoms with E-state index in [-0.39, 0.29) is 0 Å². The van der Waals surface area contributed by atoms with Gasteiger partial charge in [-0.2, -0.15) is 0 Å². The van der Waals surface area contributed by atoms with Crippen LogP contribution in [-0.4, -0.2) is 11.9 Å². The minimum Gasteiger partial charge on any atom is -0.430 e. The van der Waals surface area contributed by atoms with Gasteiger partial charge in [0.2, 0.25) is 11.4 Å². The van der Waals surface area contributed by atoms with Gasteiger partial charge in [0, 0.05) is 11.1 Å². The zero-order valence-electron chi connectivity index (χ0n) is 28.1. The van der Waals surface area contributed by atoms with Gasteiger partial charge in [-0.05, 0) is 84.7 Å². The molecule has 4 N–H and O–H groups in total. The third-order valence-electron chi connectivity index (χ3n) is 10.7. The Morgan fingerprint density at radius 3 is 1.12 bits per heavy atom. The van der Waals surface area contributed by atoms with Crippen molar-refractivity contribution in [3.63, 3.8) is 0 Å². The van der Waals surface area contributed by atoms with Crippen LogP contribution in [0.1, 0.15) is 120 Å². The molecule has 0 radical (unpaired) electrons. The van der Waals surface area contributed by atoms with E-state index in [1.807, 2.05) is 36.4 Å². The second-order valence-electron chi connectivity index (χ2n) is 14.1. The number of nitrogens with two attached hydrogens (primary N) is 2. The number of rotatable bonds is 9. The van der Waals surface area contributed by atoms with Crippen molar-refractivity contribution in [3.8, 4) is 0 Å². The van der Waals surface area contributed by atoms with Crippen molar-refractivity contribution >= 4 is 11.9 Å². The predicted octanol–water partition coefficient (Wildman–Crippen LogP) is 8.91. The summed E-state index contributed by atoms with van der Waals surface area (Å²) in [5.41, 5.74) is 14.0. The Labute approximate surface area is 284 Å². The molecule has 0 bridgehead atoms. The monoisotopic (exact) mass is 644 g/mol. The summed E-state index contributed by atoms with van der Waals surface area (Å²) in [7, 11) is 0. The van der Waals surface area contributed by atoms with Crippen LogP contribution in [0.25, 0.3) is 0 Å². The quantitative estimate of drug-likeness (QED) is 0.139. The molecule has 2 aliphatic rings. The molecule has 2 saturated carbocycles. The molecule has 6 heteroatoms. The number of hydrogen-bond acceptors (Lipinski definition) is 6. The molecule has 2 fully saturated rings.